The van der Waals surface area contributed by atoms with E-state index in [-0.39, 0.29) is 12.1 Å². The number of nitrogens with one attached hydrogen (secondary N) is 2. The maximum atomic E-state index is 12.9. The minimum atomic E-state index is 0.0826. The number of aromatic amines is 1. The molecule has 0 aliphatic carbocycles. The Bertz CT molecular complexity index is 1110. The molecular weight excluding hydrogens is 398 g/mol. The van der Waals surface area contributed by atoms with Gasteiger partial charge in [-0.25, -0.2) is 4.79 Å². The summed E-state index contributed by atoms with van der Waals surface area (Å²) in [6, 6.07) is 18.7. The molecule has 2 aliphatic heterocycles. The summed E-state index contributed by atoms with van der Waals surface area (Å²) in [5, 5.41) is 13.5. The average molecular weight is 428 g/mol. The third-order valence-electron chi connectivity index (χ3n) is 7.03. The number of nitriles is 1. The maximum Gasteiger partial charge on any atom is 0.317 e. The van der Waals surface area contributed by atoms with Crippen LogP contribution in [-0.2, 0) is 0 Å². The van der Waals surface area contributed by atoms with Crippen molar-refractivity contribution < 1.29 is 4.79 Å². The Balaban J connectivity index is 1.10. The highest BCUT2D eigenvalue weighted by atomic mass is 16.2. The van der Waals surface area contributed by atoms with Crippen LogP contribution in [0.3, 0.4) is 0 Å². The van der Waals surface area contributed by atoms with Gasteiger partial charge in [-0.15, -0.1) is 0 Å². The van der Waals surface area contributed by atoms with Crippen LogP contribution in [0, 0.1) is 11.3 Å². The summed E-state index contributed by atoms with van der Waals surface area (Å²) in [7, 11) is 0. The van der Waals surface area contributed by atoms with E-state index in [4.69, 9.17) is 5.26 Å². The van der Waals surface area contributed by atoms with Gasteiger partial charge in [-0.2, -0.15) is 5.26 Å². The van der Waals surface area contributed by atoms with Crippen molar-refractivity contribution in [3.8, 4) is 6.07 Å². The molecule has 2 amide bonds. The number of hydrogen-bond donors (Lipinski definition) is 2. The second-order valence-corrected chi connectivity index (χ2v) is 8.92. The topological polar surface area (TPSA) is 75.2 Å². The fraction of sp³-hybridized carbons (Fsp3) is 0.385. The van der Waals surface area contributed by atoms with Gasteiger partial charge in [0.1, 0.15) is 0 Å². The zero-order valence-corrected chi connectivity index (χ0v) is 18.3. The number of fused-ring (bicyclic) bond motifs is 1. The first kappa shape index (κ1) is 20.4. The number of nitrogens with zero attached hydrogens (tertiary/aromatic N) is 3. The summed E-state index contributed by atoms with van der Waals surface area (Å²) in [5.41, 5.74) is 4.41. The van der Waals surface area contributed by atoms with Crippen molar-refractivity contribution in [2.75, 3.05) is 31.1 Å². The first-order valence-corrected chi connectivity index (χ1v) is 11.6. The van der Waals surface area contributed by atoms with E-state index < -0.39 is 0 Å². The van der Waals surface area contributed by atoms with Crippen LogP contribution in [0.2, 0.25) is 0 Å². The normalized spacial score (nSPS) is 18.0. The Morgan fingerprint density at radius 2 is 1.69 bits per heavy atom. The van der Waals surface area contributed by atoms with Gasteiger partial charge in [-0.3, -0.25) is 0 Å². The Morgan fingerprint density at radius 3 is 2.41 bits per heavy atom. The molecule has 5 rings (SSSR count). The molecule has 2 aliphatic rings. The van der Waals surface area contributed by atoms with Crippen LogP contribution in [0.15, 0.2) is 54.7 Å². The molecule has 1 aromatic heterocycles. The summed E-state index contributed by atoms with van der Waals surface area (Å²) in [4.78, 5) is 20.6. The van der Waals surface area contributed by atoms with Crippen molar-refractivity contribution in [2.24, 2.45) is 0 Å². The third-order valence-corrected chi connectivity index (χ3v) is 7.03. The quantitative estimate of drug-likeness (QED) is 0.642. The Labute approximate surface area is 188 Å². The van der Waals surface area contributed by atoms with Crippen molar-refractivity contribution in [1.82, 2.24) is 15.2 Å². The number of H-pyrrole nitrogens is 1. The van der Waals surface area contributed by atoms with Gasteiger partial charge in [-0.1, -0.05) is 18.2 Å². The lowest BCUT2D eigenvalue weighted by Crippen LogP contribution is -2.50. The van der Waals surface area contributed by atoms with Crippen molar-refractivity contribution in [3.05, 3.63) is 65.9 Å². The summed E-state index contributed by atoms with van der Waals surface area (Å²) in [6.07, 6.45) is 6.04. The van der Waals surface area contributed by atoms with Crippen LogP contribution in [0.4, 0.5) is 10.5 Å². The molecular formula is C26H29N5O. The fourth-order valence-corrected chi connectivity index (χ4v) is 5.12. The standard InChI is InChI=1S/C26H29N5O/c27-17-19-5-7-22(8-6-19)30-15-11-21(12-16-30)29-26(32)31-13-9-20(10-14-31)24-18-28-25-4-2-1-3-23(24)25/h1-8,18,20-21,28H,9-16H2,(H,29,32). The molecule has 3 heterocycles. The first-order valence-electron chi connectivity index (χ1n) is 11.6. The number of aromatic nitrogens is 1. The monoisotopic (exact) mass is 427 g/mol. The molecule has 0 spiro atoms. The highest BCUT2D eigenvalue weighted by Gasteiger charge is 2.27. The first-order chi connectivity index (χ1) is 15.7. The van der Waals surface area contributed by atoms with Crippen LogP contribution < -0.4 is 10.2 Å². The average Bonchev–Trinajstić information content (AvgIpc) is 3.29. The molecule has 6 nitrogen and oxygen atoms in total. The Hall–Kier alpha value is -3.46. The van der Waals surface area contributed by atoms with Crippen LogP contribution in [0.1, 0.15) is 42.7 Å². The summed E-state index contributed by atoms with van der Waals surface area (Å²) in [6.45, 7) is 3.44. The second kappa shape index (κ2) is 8.96. The number of carbonyl (C=O) groups excluding carboxylic acids is 1. The number of benzene rings is 2. The summed E-state index contributed by atoms with van der Waals surface area (Å²) in [5.74, 6) is 0.505. The lowest BCUT2D eigenvalue weighted by atomic mass is 9.89. The van der Waals surface area contributed by atoms with E-state index in [1.165, 1.54) is 16.5 Å². The van der Waals surface area contributed by atoms with Crippen LogP contribution in [0.25, 0.3) is 10.9 Å². The van der Waals surface area contributed by atoms with E-state index in [2.05, 4.69) is 51.7 Å². The Morgan fingerprint density at radius 1 is 0.969 bits per heavy atom. The minimum absolute atomic E-state index is 0.0826. The van der Waals surface area contributed by atoms with Gasteiger partial charge in [0.15, 0.2) is 0 Å². The molecule has 2 N–H and O–H groups in total. The molecule has 0 unspecified atom stereocenters. The smallest absolute Gasteiger partial charge is 0.317 e. The highest BCUT2D eigenvalue weighted by Crippen LogP contribution is 2.33. The number of rotatable bonds is 3. The molecule has 0 bridgehead atoms. The highest BCUT2D eigenvalue weighted by molar-refractivity contribution is 5.83. The molecule has 2 fully saturated rings. The molecule has 0 saturated carbocycles. The maximum absolute atomic E-state index is 12.9. The van der Waals surface area contributed by atoms with E-state index >= 15 is 0 Å². The zero-order chi connectivity index (χ0) is 21.9. The van der Waals surface area contributed by atoms with Gasteiger partial charge in [0.2, 0.25) is 0 Å². The van der Waals surface area contributed by atoms with Gasteiger partial charge in [0, 0.05) is 55.0 Å². The number of piperidine rings is 2. The summed E-state index contributed by atoms with van der Waals surface area (Å²) < 4.78 is 0. The SMILES string of the molecule is N#Cc1ccc(N2CCC(NC(=O)N3CCC(c4c[nH]c5ccccc45)CC3)CC2)cc1. The largest absolute Gasteiger partial charge is 0.371 e. The molecule has 32 heavy (non-hydrogen) atoms. The second-order valence-electron chi connectivity index (χ2n) is 8.92. The summed E-state index contributed by atoms with van der Waals surface area (Å²) >= 11 is 0. The van der Waals surface area contributed by atoms with Crippen molar-refractivity contribution in [1.29, 1.82) is 5.26 Å². The van der Waals surface area contributed by atoms with Gasteiger partial charge in [-0.05, 0) is 67.5 Å². The number of likely N-dealkylation sites (tertiary alicyclic amines) is 1. The molecule has 0 atom stereocenters. The Kier molecular flexibility index (Phi) is 5.72. The zero-order valence-electron chi connectivity index (χ0n) is 18.3. The van der Waals surface area contributed by atoms with Gasteiger partial charge < -0.3 is 20.1 Å². The van der Waals surface area contributed by atoms with Gasteiger partial charge in [0.05, 0.1) is 11.6 Å². The van der Waals surface area contributed by atoms with E-state index in [0.717, 1.165) is 57.5 Å². The van der Waals surface area contributed by atoms with Gasteiger partial charge in [0.25, 0.3) is 0 Å². The molecule has 3 aromatic rings. The van der Waals surface area contributed by atoms with E-state index in [0.29, 0.717) is 11.5 Å². The number of hydrogen-bond acceptors (Lipinski definition) is 3. The number of urea groups is 1. The third kappa shape index (κ3) is 4.16. The minimum Gasteiger partial charge on any atom is -0.371 e. The van der Waals surface area contributed by atoms with Crippen LogP contribution in [-0.4, -0.2) is 48.1 Å². The van der Waals surface area contributed by atoms with E-state index in [9.17, 15) is 4.79 Å². The molecule has 2 aromatic carbocycles. The van der Waals surface area contributed by atoms with E-state index in [1.807, 2.05) is 29.2 Å². The fourth-order valence-electron chi connectivity index (χ4n) is 5.12. The number of amides is 2. The predicted molar refractivity (Wildman–Crippen MR) is 127 cm³/mol. The molecule has 0 radical (unpaired) electrons. The number of carbonyl (C=O) groups is 1. The lowest BCUT2D eigenvalue weighted by Gasteiger charge is -2.36. The lowest BCUT2D eigenvalue weighted by molar-refractivity contribution is 0.176. The number of para-hydroxylation sites is 1. The molecule has 2 saturated heterocycles. The van der Waals surface area contributed by atoms with Crippen molar-refractivity contribution >= 4 is 22.6 Å². The van der Waals surface area contributed by atoms with Gasteiger partial charge >= 0.3 is 6.03 Å². The van der Waals surface area contributed by atoms with Crippen LogP contribution in [0.5, 0.6) is 0 Å². The van der Waals surface area contributed by atoms with Crippen molar-refractivity contribution in [3.63, 3.8) is 0 Å². The van der Waals surface area contributed by atoms with Crippen LogP contribution >= 0.6 is 0 Å². The molecule has 164 valence electrons. The van der Waals surface area contributed by atoms with Crippen molar-refractivity contribution in [2.45, 2.75) is 37.6 Å². The van der Waals surface area contributed by atoms with E-state index in [1.54, 1.807) is 0 Å². The predicted octanol–water partition coefficient (Wildman–Crippen LogP) is 4.60. The number of anilines is 1. The molecule has 6 heteroatoms.